The second-order valence-electron chi connectivity index (χ2n) is 6.39. The van der Waals surface area contributed by atoms with E-state index >= 15 is 0 Å². The predicted octanol–water partition coefficient (Wildman–Crippen LogP) is 3.60. The molecule has 1 N–H and O–H groups in total. The zero-order chi connectivity index (χ0) is 13.8. The number of hydrogen-bond acceptors (Lipinski definition) is 2. The van der Waals surface area contributed by atoms with Crippen LogP contribution in [-0.2, 0) is 0 Å². The Morgan fingerprint density at radius 3 is 2.75 bits per heavy atom. The minimum absolute atomic E-state index is 0.571. The molecule has 1 saturated heterocycles. The molecule has 0 amide bonds. The Balaban J connectivity index is 1.81. The van der Waals surface area contributed by atoms with Gasteiger partial charge in [-0.25, -0.2) is 0 Å². The molecule has 20 heavy (non-hydrogen) atoms. The van der Waals surface area contributed by atoms with Gasteiger partial charge in [-0.2, -0.15) is 0 Å². The summed E-state index contributed by atoms with van der Waals surface area (Å²) in [6, 6.07) is 12.5. The summed E-state index contributed by atoms with van der Waals surface area (Å²) in [7, 11) is 0. The highest BCUT2D eigenvalue weighted by Gasteiger charge is 2.34. The van der Waals surface area contributed by atoms with E-state index in [-0.39, 0.29) is 0 Å². The lowest BCUT2D eigenvalue weighted by atomic mass is 9.80. The fourth-order valence-corrected chi connectivity index (χ4v) is 4.20. The largest absolute Gasteiger partial charge is 0.314 e. The van der Waals surface area contributed by atoms with Crippen LogP contribution in [0.1, 0.15) is 50.6 Å². The molecule has 1 aromatic rings. The van der Waals surface area contributed by atoms with E-state index in [0.29, 0.717) is 6.04 Å². The quantitative estimate of drug-likeness (QED) is 0.904. The van der Waals surface area contributed by atoms with Crippen molar-refractivity contribution in [1.29, 1.82) is 0 Å². The van der Waals surface area contributed by atoms with Crippen molar-refractivity contribution in [2.24, 2.45) is 5.92 Å². The number of rotatable bonds is 3. The molecule has 0 spiro atoms. The van der Waals surface area contributed by atoms with E-state index in [4.69, 9.17) is 0 Å². The van der Waals surface area contributed by atoms with Crippen molar-refractivity contribution in [3.63, 3.8) is 0 Å². The maximum Gasteiger partial charge on any atom is 0.0476 e. The van der Waals surface area contributed by atoms with Crippen molar-refractivity contribution < 1.29 is 0 Å². The molecule has 3 atom stereocenters. The first kappa shape index (κ1) is 14.1. The summed E-state index contributed by atoms with van der Waals surface area (Å²) in [6.45, 7) is 5.84. The molecule has 0 aromatic heterocycles. The van der Waals surface area contributed by atoms with Gasteiger partial charge >= 0.3 is 0 Å². The maximum absolute atomic E-state index is 3.59. The Hall–Kier alpha value is -0.860. The van der Waals surface area contributed by atoms with E-state index < -0.39 is 0 Å². The van der Waals surface area contributed by atoms with E-state index in [1.165, 1.54) is 44.2 Å². The van der Waals surface area contributed by atoms with Crippen molar-refractivity contribution >= 4 is 0 Å². The predicted molar refractivity (Wildman–Crippen MR) is 84.8 cm³/mol. The van der Waals surface area contributed by atoms with E-state index in [9.17, 15) is 0 Å². The van der Waals surface area contributed by atoms with Gasteiger partial charge in [0.25, 0.3) is 0 Å². The average Bonchev–Trinajstić information content (AvgIpc) is 2.55. The summed E-state index contributed by atoms with van der Waals surface area (Å²) in [6.07, 6.45) is 7.05. The minimum atomic E-state index is 0.571. The van der Waals surface area contributed by atoms with Crippen molar-refractivity contribution in [2.45, 2.75) is 51.1 Å². The van der Waals surface area contributed by atoms with Gasteiger partial charge < -0.3 is 5.32 Å². The van der Waals surface area contributed by atoms with Crippen molar-refractivity contribution in [3.05, 3.63) is 35.9 Å². The van der Waals surface area contributed by atoms with Crippen LogP contribution < -0.4 is 5.32 Å². The number of nitrogens with one attached hydrogen (secondary N) is 1. The van der Waals surface area contributed by atoms with Crippen molar-refractivity contribution in [1.82, 2.24) is 10.2 Å². The minimum Gasteiger partial charge on any atom is -0.314 e. The normalized spacial score (nSPS) is 32.1. The number of benzene rings is 1. The molecule has 1 aliphatic heterocycles. The smallest absolute Gasteiger partial charge is 0.0476 e. The Kier molecular flexibility index (Phi) is 4.74. The average molecular weight is 272 g/mol. The highest BCUT2D eigenvalue weighted by molar-refractivity contribution is 5.20. The van der Waals surface area contributed by atoms with E-state index in [1.54, 1.807) is 0 Å². The van der Waals surface area contributed by atoms with Gasteiger partial charge in [-0.1, -0.05) is 56.5 Å². The molecule has 1 aromatic carbocycles. The first-order valence-corrected chi connectivity index (χ1v) is 8.41. The summed E-state index contributed by atoms with van der Waals surface area (Å²) in [5.41, 5.74) is 1.49. The third-order valence-corrected chi connectivity index (χ3v) is 5.29. The first-order chi connectivity index (χ1) is 9.90. The van der Waals surface area contributed by atoms with Gasteiger partial charge in [0.15, 0.2) is 0 Å². The van der Waals surface area contributed by atoms with Crippen molar-refractivity contribution in [2.75, 3.05) is 19.6 Å². The Bertz CT molecular complexity index is 403. The Labute approximate surface area is 123 Å². The molecule has 1 heterocycles. The SMILES string of the molecule is CCC1CCCCC1N1CCNCC1c1ccccc1. The van der Waals surface area contributed by atoms with Crippen LogP contribution in [0.2, 0.25) is 0 Å². The monoisotopic (exact) mass is 272 g/mol. The van der Waals surface area contributed by atoms with Crippen LogP contribution in [0.15, 0.2) is 30.3 Å². The van der Waals surface area contributed by atoms with Crippen molar-refractivity contribution in [3.8, 4) is 0 Å². The molecule has 2 heteroatoms. The third kappa shape index (κ3) is 2.91. The first-order valence-electron chi connectivity index (χ1n) is 8.41. The third-order valence-electron chi connectivity index (χ3n) is 5.29. The standard InChI is InChI=1S/C18H28N2/c1-2-15-8-6-7-11-17(15)20-13-12-19-14-18(20)16-9-4-3-5-10-16/h3-5,9-10,15,17-19H,2,6-8,11-14H2,1H3. The summed E-state index contributed by atoms with van der Waals surface area (Å²) in [4.78, 5) is 2.82. The Morgan fingerprint density at radius 1 is 1.15 bits per heavy atom. The van der Waals surface area contributed by atoms with Gasteiger partial charge in [-0.3, -0.25) is 4.90 Å². The highest BCUT2D eigenvalue weighted by Crippen LogP contribution is 2.35. The van der Waals surface area contributed by atoms with Gasteiger partial charge in [-0.05, 0) is 24.3 Å². The second-order valence-corrected chi connectivity index (χ2v) is 6.39. The molecular weight excluding hydrogens is 244 g/mol. The van der Waals surface area contributed by atoms with Gasteiger partial charge in [0.2, 0.25) is 0 Å². The molecule has 2 fully saturated rings. The number of nitrogens with zero attached hydrogens (tertiary/aromatic N) is 1. The summed E-state index contributed by atoms with van der Waals surface area (Å²) < 4.78 is 0. The zero-order valence-electron chi connectivity index (χ0n) is 12.7. The molecule has 3 rings (SSSR count). The van der Waals surface area contributed by atoms with Crippen LogP contribution in [0.5, 0.6) is 0 Å². The topological polar surface area (TPSA) is 15.3 Å². The van der Waals surface area contributed by atoms with Crippen LogP contribution in [0.25, 0.3) is 0 Å². The fraction of sp³-hybridized carbons (Fsp3) is 0.667. The second kappa shape index (κ2) is 6.73. The van der Waals surface area contributed by atoms with Crippen LogP contribution >= 0.6 is 0 Å². The van der Waals surface area contributed by atoms with Gasteiger partial charge in [0, 0.05) is 31.7 Å². The van der Waals surface area contributed by atoms with Crippen LogP contribution in [0, 0.1) is 5.92 Å². The Morgan fingerprint density at radius 2 is 1.95 bits per heavy atom. The molecular formula is C18H28N2. The maximum atomic E-state index is 3.59. The van der Waals surface area contributed by atoms with E-state index in [0.717, 1.165) is 25.0 Å². The van der Waals surface area contributed by atoms with Crippen LogP contribution in [-0.4, -0.2) is 30.6 Å². The summed E-state index contributed by atoms with van der Waals surface area (Å²) >= 11 is 0. The van der Waals surface area contributed by atoms with E-state index in [2.05, 4.69) is 47.5 Å². The zero-order valence-corrected chi connectivity index (χ0v) is 12.7. The van der Waals surface area contributed by atoms with Crippen LogP contribution in [0.3, 0.4) is 0 Å². The van der Waals surface area contributed by atoms with Gasteiger partial charge in [0.05, 0.1) is 0 Å². The van der Waals surface area contributed by atoms with Crippen LogP contribution in [0.4, 0.5) is 0 Å². The summed E-state index contributed by atoms with van der Waals surface area (Å²) in [5.74, 6) is 0.910. The molecule has 2 aliphatic rings. The lowest BCUT2D eigenvalue weighted by Crippen LogP contribution is -2.53. The molecule has 2 nitrogen and oxygen atoms in total. The highest BCUT2D eigenvalue weighted by atomic mass is 15.2. The molecule has 110 valence electrons. The number of hydrogen-bond donors (Lipinski definition) is 1. The molecule has 0 bridgehead atoms. The van der Waals surface area contributed by atoms with Gasteiger partial charge in [-0.15, -0.1) is 0 Å². The number of piperazine rings is 1. The molecule has 0 radical (unpaired) electrons. The fourth-order valence-electron chi connectivity index (χ4n) is 4.20. The lowest BCUT2D eigenvalue weighted by molar-refractivity contribution is 0.0442. The summed E-state index contributed by atoms with van der Waals surface area (Å²) in [5, 5.41) is 3.59. The van der Waals surface area contributed by atoms with Gasteiger partial charge in [0.1, 0.15) is 0 Å². The lowest BCUT2D eigenvalue weighted by Gasteiger charge is -2.46. The molecule has 1 saturated carbocycles. The van der Waals surface area contributed by atoms with E-state index in [1.807, 2.05) is 0 Å². The molecule has 3 unspecified atom stereocenters. The molecule has 1 aliphatic carbocycles.